The average Bonchev–Trinajstić information content (AvgIpc) is 2.94. The molecule has 3 N–H and O–H groups in total. The van der Waals surface area contributed by atoms with Crippen molar-refractivity contribution >= 4 is 17.7 Å². The van der Waals surface area contributed by atoms with E-state index in [2.05, 4.69) is 22.0 Å². The van der Waals surface area contributed by atoms with Gasteiger partial charge >= 0.3 is 0 Å². The fourth-order valence-corrected chi connectivity index (χ4v) is 4.65. The van der Waals surface area contributed by atoms with Crippen molar-refractivity contribution in [2.24, 2.45) is 5.92 Å². The lowest BCUT2D eigenvalue weighted by Gasteiger charge is -2.29. The third-order valence-electron chi connectivity index (χ3n) is 6.16. The number of piperidine rings is 2. The molecule has 4 atom stereocenters. The second-order valence-electron chi connectivity index (χ2n) is 7.73. The van der Waals surface area contributed by atoms with Crippen LogP contribution in [0.3, 0.4) is 0 Å². The number of amides is 3. The molecule has 1 saturated carbocycles. The summed E-state index contributed by atoms with van der Waals surface area (Å²) in [7, 11) is 0. The van der Waals surface area contributed by atoms with Gasteiger partial charge in [0.25, 0.3) is 5.91 Å². The topological polar surface area (TPSA) is 90.5 Å². The fraction of sp³-hybridized carbons (Fsp3) is 0.526. The zero-order valence-corrected chi connectivity index (χ0v) is 14.5. The van der Waals surface area contributed by atoms with Crippen LogP contribution < -0.4 is 16.0 Å². The van der Waals surface area contributed by atoms with E-state index in [1.165, 1.54) is 6.42 Å². The first-order valence-electron chi connectivity index (χ1n) is 9.35. The van der Waals surface area contributed by atoms with Gasteiger partial charge in [-0.1, -0.05) is 12.1 Å². The molecule has 1 aromatic rings. The molecule has 1 aliphatic carbocycles. The standard InChI is InChI=1S/C19H22N4O3/c24-15-4-3-14(18(25)22-15)23-9-11-2-1-10(7-13(11)19(23)26)8-21-17-12-5-6-20-16(12)17/h1-2,7,12,14,16-17,20-21H,3-6,8-9H2,(H,22,24,25)/t12-,14?,16+,17+/m0/s1. The summed E-state index contributed by atoms with van der Waals surface area (Å²) in [5.41, 5.74) is 2.73. The molecule has 0 radical (unpaired) electrons. The van der Waals surface area contributed by atoms with E-state index in [-0.39, 0.29) is 24.1 Å². The predicted molar refractivity (Wildman–Crippen MR) is 93.0 cm³/mol. The van der Waals surface area contributed by atoms with Crippen LogP contribution in [0.25, 0.3) is 0 Å². The molecule has 1 aromatic carbocycles. The van der Waals surface area contributed by atoms with Crippen LogP contribution in [0.5, 0.6) is 0 Å². The minimum Gasteiger partial charge on any atom is -0.322 e. The Morgan fingerprint density at radius 2 is 2.08 bits per heavy atom. The Hall–Kier alpha value is -2.25. The maximum absolute atomic E-state index is 12.8. The summed E-state index contributed by atoms with van der Waals surface area (Å²) in [5, 5.41) is 9.41. The van der Waals surface area contributed by atoms with Crippen LogP contribution in [-0.4, -0.2) is 47.3 Å². The molecule has 0 bridgehead atoms. The van der Waals surface area contributed by atoms with Crippen molar-refractivity contribution in [3.63, 3.8) is 0 Å². The van der Waals surface area contributed by atoms with E-state index in [0.29, 0.717) is 30.6 Å². The molecule has 7 heteroatoms. The van der Waals surface area contributed by atoms with Crippen LogP contribution in [0.4, 0.5) is 0 Å². The lowest BCUT2D eigenvalue weighted by molar-refractivity contribution is -0.136. The van der Waals surface area contributed by atoms with E-state index in [4.69, 9.17) is 0 Å². The molecule has 136 valence electrons. The Morgan fingerprint density at radius 3 is 2.85 bits per heavy atom. The maximum Gasteiger partial charge on any atom is 0.255 e. The molecule has 0 aromatic heterocycles. The number of fused-ring (bicyclic) bond motifs is 2. The first-order chi connectivity index (χ1) is 12.6. The van der Waals surface area contributed by atoms with Gasteiger partial charge in [0.15, 0.2) is 0 Å². The molecule has 5 rings (SSSR count). The van der Waals surface area contributed by atoms with E-state index in [1.807, 2.05) is 12.1 Å². The number of nitrogens with zero attached hydrogens (tertiary/aromatic N) is 1. The molecule has 1 unspecified atom stereocenters. The van der Waals surface area contributed by atoms with Crippen LogP contribution >= 0.6 is 0 Å². The smallest absolute Gasteiger partial charge is 0.255 e. The van der Waals surface area contributed by atoms with E-state index in [0.717, 1.165) is 30.1 Å². The number of nitrogens with one attached hydrogen (secondary N) is 3. The number of hydrogen-bond acceptors (Lipinski definition) is 5. The number of hydrogen-bond donors (Lipinski definition) is 3. The van der Waals surface area contributed by atoms with Gasteiger partial charge in [-0.05, 0) is 42.5 Å². The highest BCUT2D eigenvalue weighted by atomic mass is 16.2. The van der Waals surface area contributed by atoms with E-state index >= 15 is 0 Å². The molecule has 3 fully saturated rings. The number of benzene rings is 1. The zero-order valence-electron chi connectivity index (χ0n) is 14.5. The van der Waals surface area contributed by atoms with Crippen molar-refractivity contribution < 1.29 is 14.4 Å². The second-order valence-corrected chi connectivity index (χ2v) is 7.73. The Labute approximate surface area is 151 Å². The predicted octanol–water partition coefficient (Wildman–Crippen LogP) is -0.102. The van der Waals surface area contributed by atoms with Gasteiger partial charge in [0.2, 0.25) is 11.8 Å². The average molecular weight is 354 g/mol. The number of rotatable bonds is 4. The maximum atomic E-state index is 12.8. The monoisotopic (exact) mass is 354 g/mol. The molecule has 3 aliphatic heterocycles. The molecule has 7 nitrogen and oxygen atoms in total. The minimum atomic E-state index is -0.550. The van der Waals surface area contributed by atoms with Crippen LogP contribution in [0.15, 0.2) is 18.2 Å². The molecule has 3 heterocycles. The third-order valence-corrected chi connectivity index (χ3v) is 6.16. The van der Waals surface area contributed by atoms with Gasteiger partial charge in [0, 0.05) is 37.2 Å². The SMILES string of the molecule is O=C1CCC(N2Cc3ccc(CN[C@@H]4[C@H]5CCN[C@H]54)cc3C2=O)C(=O)N1. The molecule has 3 amide bonds. The van der Waals surface area contributed by atoms with Gasteiger partial charge in [-0.25, -0.2) is 0 Å². The zero-order chi connectivity index (χ0) is 17.8. The van der Waals surface area contributed by atoms with Gasteiger partial charge in [-0.3, -0.25) is 19.7 Å². The first kappa shape index (κ1) is 16.0. The van der Waals surface area contributed by atoms with Crippen LogP contribution in [0.1, 0.15) is 40.7 Å². The molecule has 26 heavy (non-hydrogen) atoms. The normalized spacial score (nSPS) is 32.5. The van der Waals surface area contributed by atoms with Crippen molar-refractivity contribution in [3.05, 3.63) is 34.9 Å². The summed E-state index contributed by atoms with van der Waals surface area (Å²) in [6, 6.07) is 6.61. The van der Waals surface area contributed by atoms with Crippen LogP contribution in [0.2, 0.25) is 0 Å². The number of carbonyl (C=O) groups excluding carboxylic acids is 3. The van der Waals surface area contributed by atoms with Crippen molar-refractivity contribution in [1.82, 2.24) is 20.9 Å². The number of imide groups is 1. The van der Waals surface area contributed by atoms with Crippen LogP contribution in [-0.2, 0) is 22.7 Å². The lowest BCUT2D eigenvalue weighted by Crippen LogP contribution is -2.52. The lowest BCUT2D eigenvalue weighted by atomic mass is 10.0. The Bertz CT molecular complexity index is 798. The van der Waals surface area contributed by atoms with Crippen molar-refractivity contribution in [3.8, 4) is 0 Å². The Morgan fingerprint density at radius 1 is 1.19 bits per heavy atom. The molecular weight excluding hydrogens is 332 g/mol. The highest BCUT2D eigenvalue weighted by Crippen LogP contribution is 2.38. The third kappa shape index (κ3) is 2.54. The van der Waals surface area contributed by atoms with Crippen molar-refractivity contribution in [1.29, 1.82) is 0 Å². The molecule has 2 saturated heterocycles. The van der Waals surface area contributed by atoms with E-state index < -0.39 is 6.04 Å². The quantitative estimate of drug-likeness (QED) is 0.657. The molecule has 0 spiro atoms. The van der Waals surface area contributed by atoms with Crippen molar-refractivity contribution in [2.75, 3.05) is 6.54 Å². The summed E-state index contributed by atoms with van der Waals surface area (Å²) in [5.74, 6) is 0.0237. The van der Waals surface area contributed by atoms with Crippen molar-refractivity contribution in [2.45, 2.75) is 50.5 Å². The second kappa shape index (κ2) is 5.89. The molecule has 4 aliphatic rings. The van der Waals surface area contributed by atoms with E-state index in [1.54, 1.807) is 4.90 Å². The first-order valence-corrected chi connectivity index (χ1v) is 9.35. The number of carbonyl (C=O) groups is 3. The highest BCUT2D eigenvalue weighted by molar-refractivity contribution is 6.05. The Balaban J connectivity index is 1.27. The van der Waals surface area contributed by atoms with E-state index in [9.17, 15) is 14.4 Å². The minimum absolute atomic E-state index is 0.110. The summed E-state index contributed by atoms with van der Waals surface area (Å²) in [6.07, 6.45) is 1.92. The largest absolute Gasteiger partial charge is 0.322 e. The van der Waals surface area contributed by atoms with Gasteiger partial charge in [0.05, 0.1) is 0 Å². The summed E-state index contributed by atoms with van der Waals surface area (Å²) in [6.45, 7) is 2.31. The van der Waals surface area contributed by atoms with Crippen LogP contribution in [0, 0.1) is 5.92 Å². The fourth-order valence-electron chi connectivity index (χ4n) is 4.65. The van der Waals surface area contributed by atoms with Gasteiger partial charge in [0.1, 0.15) is 6.04 Å². The Kier molecular flexibility index (Phi) is 3.62. The molecular formula is C19H22N4O3. The highest BCUT2D eigenvalue weighted by Gasteiger charge is 2.52. The summed E-state index contributed by atoms with van der Waals surface area (Å²) < 4.78 is 0. The summed E-state index contributed by atoms with van der Waals surface area (Å²) in [4.78, 5) is 37.8. The van der Waals surface area contributed by atoms with Gasteiger partial charge < -0.3 is 15.5 Å². The summed E-state index contributed by atoms with van der Waals surface area (Å²) >= 11 is 0. The van der Waals surface area contributed by atoms with Gasteiger partial charge in [-0.2, -0.15) is 0 Å². The van der Waals surface area contributed by atoms with Gasteiger partial charge in [-0.15, -0.1) is 0 Å².